The van der Waals surface area contributed by atoms with Crippen molar-refractivity contribution in [3.8, 4) is 17.2 Å². The summed E-state index contributed by atoms with van der Waals surface area (Å²) in [6.45, 7) is 0. The van der Waals surface area contributed by atoms with Gasteiger partial charge in [-0.15, -0.1) is 0 Å². The van der Waals surface area contributed by atoms with E-state index in [0.29, 0.717) is 11.5 Å². The van der Waals surface area contributed by atoms with Gasteiger partial charge in [0.15, 0.2) is 0 Å². The van der Waals surface area contributed by atoms with E-state index in [1.165, 1.54) is 30.3 Å². The van der Waals surface area contributed by atoms with Gasteiger partial charge in [0.2, 0.25) is 0 Å². The van der Waals surface area contributed by atoms with Crippen LogP contribution in [0.4, 0.5) is 0 Å². The molecule has 2 aromatic rings. The van der Waals surface area contributed by atoms with Gasteiger partial charge in [0.25, 0.3) is 10.5 Å². The summed E-state index contributed by atoms with van der Waals surface area (Å²) in [5, 5.41) is 7.74. The predicted octanol–water partition coefficient (Wildman–Crippen LogP) is 3.94. The van der Waals surface area contributed by atoms with E-state index in [1.807, 2.05) is 0 Å². The average molecular weight is 311 g/mol. The van der Waals surface area contributed by atoms with E-state index < -0.39 is 10.5 Å². The first-order chi connectivity index (χ1) is 9.47. The first-order valence-electron chi connectivity index (χ1n) is 5.48. The molecule has 0 aromatic heterocycles. The first-order valence-corrected chi connectivity index (χ1v) is 6.23. The smallest absolute Gasteiger partial charge is 0.253 e. The van der Waals surface area contributed by atoms with Gasteiger partial charge in [0.05, 0.1) is 0 Å². The van der Waals surface area contributed by atoms with E-state index in [4.69, 9.17) is 27.9 Å². The lowest BCUT2D eigenvalue weighted by Crippen LogP contribution is -2.01. The highest BCUT2D eigenvalue weighted by Gasteiger charge is 2.15. The molecule has 0 saturated heterocycles. The predicted molar refractivity (Wildman–Crippen MR) is 75.0 cm³/mol. The van der Waals surface area contributed by atoms with Gasteiger partial charge in [-0.1, -0.05) is 6.07 Å². The van der Waals surface area contributed by atoms with Crippen LogP contribution in [-0.4, -0.2) is 15.6 Å². The van der Waals surface area contributed by atoms with Gasteiger partial charge >= 0.3 is 0 Å². The van der Waals surface area contributed by atoms with Crippen molar-refractivity contribution in [2.24, 2.45) is 0 Å². The van der Waals surface area contributed by atoms with Crippen LogP contribution >= 0.6 is 23.2 Å². The Bertz CT molecular complexity index is 683. The monoisotopic (exact) mass is 310 g/mol. The molecule has 4 nitrogen and oxygen atoms in total. The summed E-state index contributed by atoms with van der Waals surface area (Å²) >= 11 is 10.8. The van der Waals surface area contributed by atoms with Crippen molar-refractivity contribution in [1.82, 2.24) is 0 Å². The first kappa shape index (κ1) is 14.4. The molecule has 0 radical (unpaired) electrons. The van der Waals surface area contributed by atoms with E-state index >= 15 is 0 Å². The minimum absolute atomic E-state index is 0.00919. The van der Waals surface area contributed by atoms with Crippen molar-refractivity contribution in [3.05, 3.63) is 53.6 Å². The molecule has 0 aliphatic rings. The van der Waals surface area contributed by atoms with E-state index in [1.54, 1.807) is 12.1 Å². The molecular weight excluding hydrogens is 303 g/mol. The summed E-state index contributed by atoms with van der Waals surface area (Å²) in [6.07, 6.45) is 0. The van der Waals surface area contributed by atoms with Gasteiger partial charge in [0.1, 0.15) is 17.2 Å². The molecular formula is C14H8Cl2O4. The molecule has 0 aliphatic heterocycles. The van der Waals surface area contributed by atoms with Gasteiger partial charge in [-0.2, -0.15) is 0 Å². The molecule has 0 aliphatic carbocycles. The van der Waals surface area contributed by atoms with Crippen molar-refractivity contribution in [1.29, 1.82) is 0 Å². The number of carbonyl (C=O) groups is 2. The van der Waals surface area contributed by atoms with Crippen molar-refractivity contribution < 1.29 is 19.4 Å². The van der Waals surface area contributed by atoms with Gasteiger partial charge in [0, 0.05) is 17.2 Å². The van der Waals surface area contributed by atoms with Crippen LogP contribution in [0.25, 0.3) is 0 Å². The Morgan fingerprint density at radius 2 is 1.55 bits per heavy atom. The molecule has 0 amide bonds. The van der Waals surface area contributed by atoms with E-state index in [2.05, 4.69) is 0 Å². The number of halogens is 2. The number of ether oxygens (including phenoxy) is 1. The van der Waals surface area contributed by atoms with Gasteiger partial charge in [-0.3, -0.25) is 9.59 Å². The maximum atomic E-state index is 11.3. The van der Waals surface area contributed by atoms with Crippen molar-refractivity contribution in [3.63, 3.8) is 0 Å². The topological polar surface area (TPSA) is 63.6 Å². The summed E-state index contributed by atoms with van der Waals surface area (Å²) in [6, 6.07) is 10.3. The highest BCUT2D eigenvalue weighted by molar-refractivity contribution is 6.72. The SMILES string of the molecule is O=C(Cl)c1ccc(Oc2cccc(O)c2)cc1C(=O)Cl. The number of phenols is 1. The minimum atomic E-state index is -0.810. The molecule has 102 valence electrons. The van der Waals surface area contributed by atoms with Crippen LogP contribution < -0.4 is 4.74 Å². The van der Waals surface area contributed by atoms with Gasteiger partial charge < -0.3 is 9.84 Å². The second kappa shape index (κ2) is 5.94. The summed E-state index contributed by atoms with van der Waals surface area (Å²) in [7, 11) is 0. The molecule has 6 heteroatoms. The third-order valence-corrected chi connectivity index (χ3v) is 2.88. The van der Waals surface area contributed by atoms with Crippen LogP contribution in [0.1, 0.15) is 20.7 Å². The van der Waals surface area contributed by atoms with Crippen LogP contribution in [0.3, 0.4) is 0 Å². The number of carbonyl (C=O) groups excluding carboxylic acids is 2. The Hall–Kier alpha value is -2.04. The summed E-state index contributed by atoms with van der Waals surface area (Å²) in [5.41, 5.74) is -0.0285. The molecule has 0 fully saturated rings. The van der Waals surface area contributed by atoms with Crippen LogP contribution in [0.15, 0.2) is 42.5 Å². The fourth-order valence-electron chi connectivity index (χ4n) is 1.60. The molecule has 0 spiro atoms. The second-order valence-electron chi connectivity index (χ2n) is 3.85. The Balaban J connectivity index is 2.36. The summed E-state index contributed by atoms with van der Waals surface area (Å²) < 4.78 is 5.46. The lowest BCUT2D eigenvalue weighted by atomic mass is 10.1. The van der Waals surface area contributed by atoms with Crippen LogP contribution in [0.5, 0.6) is 17.2 Å². The van der Waals surface area contributed by atoms with E-state index in [0.717, 1.165) is 0 Å². The largest absolute Gasteiger partial charge is 0.508 e. The molecule has 0 atom stereocenters. The summed E-state index contributed by atoms with van der Waals surface area (Å²) in [5.74, 6) is 0.716. The molecule has 2 aromatic carbocycles. The number of hydrogen-bond acceptors (Lipinski definition) is 4. The number of hydrogen-bond donors (Lipinski definition) is 1. The Morgan fingerprint density at radius 1 is 0.900 bits per heavy atom. The zero-order chi connectivity index (χ0) is 14.7. The zero-order valence-electron chi connectivity index (χ0n) is 9.97. The third kappa shape index (κ3) is 3.29. The number of benzene rings is 2. The molecule has 0 saturated carbocycles. The summed E-state index contributed by atoms with van der Waals surface area (Å²) in [4.78, 5) is 22.5. The normalized spacial score (nSPS) is 10.1. The standard InChI is InChI=1S/C14H8Cl2O4/c15-13(18)11-5-4-10(7-12(11)14(16)19)20-9-3-1-2-8(17)6-9/h1-7,17H. The Morgan fingerprint density at radius 3 is 2.15 bits per heavy atom. The van der Waals surface area contributed by atoms with Crippen molar-refractivity contribution in [2.45, 2.75) is 0 Å². The molecule has 1 N–H and O–H groups in total. The quantitative estimate of drug-likeness (QED) is 0.869. The van der Waals surface area contributed by atoms with Crippen molar-refractivity contribution in [2.75, 3.05) is 0 Å². The highest BCUT2D eigenvalue weighted by atomic mass is 35.5. The molecule has 0 bridgehead atoms. The number of aromatic hydroxyl groups is 1. The lowest BCUT2D eigenvalue weighted by Gasteiger charge is -2.08. The fraction of sp³-hybridized carbons (Fsp3) is 0. The van der Waals surface area contributed by atoms with Crippen LogP contribution in [0, 0.1) is 0 Å². The van der Waals surface area contributed by atoms with Crippen LogP contribution in [0.2, 0.25) is 0 Å². The van der Waals surface area contributed by atoms with Gasteiger partial charge in [-0.05, 0) is 53.5 Å². The van der Waals surface area contributed by atoms with Crippen LogP contribution in [-0.2, 0) is 0 Å². The van der Waals surface area contributed by atoms with E-state index in [9.17, 15) is 14.7 Å². The second-order valence-corrected chi connectivity index (χ2v) is 4.54. The molecule has 0 heterocycles. The Labute approximate surface area is 124 Å². The average Bonchev–Trinajstić information content (AvgIpc) is 2.38. The molecule has 0 unspecified atom stereocenters. The zero-order valence-corrected chi connectivity index (χ0v) is 11.5. The molecule has 2 rings (SSSR count). The van der Waals surface area contributed by atoms with Crippen molar-refractivity contribution >= 4 is 33.7 Å². The number of rotatable bonds is 4. The van der Waals surface area contributed by atoms with E-state index in [-0.39, 0.29) is 16.9 Å². The maximum absolute atomic E-state index is 11.3. The third-order valence-electron chi connectivity index (χ3n) is 2.47. The number of phenolic OH excluding ortho intramolecular Hbond substituents is 1. The highest BCUT2D eigenvalue weighted by Crippen LogP contribution is 2.27. The molecule has 20 heavy (non-hydrogen) atoms. The van der Waals surface area contributed by atoms with Gasteiger partial charge in [-0.25, -0.2) is 0 Å². The Kier molecular flexibility index (Phi) is 4.27. The fourth-order valence-corrected chi connectivity index (χ4v) is 1.93. The minimum Gasteiger partial charge on any atom is -0.508 e. The lowest BCUT2D eigenvalue weighted by molar-refractivity contribution is 0.105. The maximum Gasteiger partial charge on any atom is 0.253 e.